The van der Waals surface area contributed by atoms with Gasteiger partial charge in [-0.1, -0.05) is 39.0 Å². The van der Waals surface area contributed by atoms with Gasteiger partial charge in [0, 0.05) is 12.5 Å². The molecule has 0 radical (unpaired) electrons. The van der Waals surface area contributed by atoms with Gasteiger partial charge in [0.15, 0.2) is 0 Å². The Morgan fingerprint density at radius 2 is 1.88 bits per heavy atom. The van der Waals surface area contributed by atoms with Crippen molar-refractivity contribution in [3.05, 3.63) is 0 Å². The molecule has 2 heteroatoms. The van der Waals surface area contributed by atoms with Gasteiger partial charge in [-0.25, -0.2) is 0 Å². The van der Waals surface area contributed by atoms with Crippen LogP contribution >= 0.6 is 0 Å². The summed E-state index contributed by atoms with van der Waals surface area (Å²) in [5, 5.41) is 0. The third kappa shape index (κ3) is 4.01. The van der Waals surface area contributed by atoms with Crippen molar-refractivity contribution < 1.29 is 0 Å². The summed E-state index contributed by atoms with van der Waals surface area (Å²) in [6, 6.07) is 0. The zero-order valence-corrected chi connectivity index (χ0v) is 11.3. The molecule has 2 aliphatic carbocycles. The highest BCUT2D eigenvalue weighted by atomic mass is 14.9. The summed E-state index contributed by atoms with van der Waals surface area (Å²) in [6.07, 6.45) is 12.2. The zero-order valence-electron chi connectivity index (χ0n) is 11.3. The van der Waals surface area contributed by atoms with Crippen molar-refractivity contribution in [2.24, 2.45) is 28.5 Å². The standard InChI is InChI=1S/C15H28N2/c1-12-5-4-6-13(11-12)9-10-17-15(16)14-7-2-3-8-14/h12-14H,2-11H2,1H3,(H2,16,17). The van der Waals surface area contributed by atoms with E-state index in [1.54, 1.807) is 0 Å². The minimum absolute atomic E-state index is 0.611. The molecule has 2 unspecified atom stereocenters. The molecule has 0 heterocycles. The van der Waals surface area contributed by atoms with Crippen molar-refractivity contribution in [1.82, 2.24) is 0 Å². The van der Waals surface area contributed by atoms with E-state index < -0.39 is 0 Å². The molecule has 0 bridgehead atoms. The molecule has 2 rings (SSSR count). The number of nitrogens with two attached hydrogens (primary N) is 1. The maximum absolute atomic E-state index is 6.07. The number of aliphatic imine (C=N–C) groups is 1. The molecule has 2 atom stereocenters. The predicted octanol–water partition coefficient (Wildman–Crippen LogP) is 3.75. The molecule has 2 nitrogen and oxygen atoms in total. The third-order valence-electron chi connectivity index (χ3n) is 4.65. The second kappa shape index (κ2) is 6.42. The lowest BCUT2D eigenvalue weighted by Gasteiger charge is -2.26. The number of hydrogen-bond acceptors (Lipinski definition) is 1. The maximum Gasteiger partial charge on any atom is 0.0968 e. The molecule has 0 aromatic rings. The van der Waals surface area contributed by atoms with Crippen LogP contribution in [-0.4, -0.2) is 12.4 Å². The fourth-order valence-electron chi connectivity index (χ4n) is 3.55. The molecule has 0 spiro atoms. The quantitative estimate of drug-likeness (QED) is 0.586. The van der Waals surface area contributed by atoms with E-state index in [0.29, 0.717) is 5.92 Å². The second-order valence-electron chi connectivity index (χ2n) is 6.21. The van der Waals surface area contributed by atoms with E-state index in [1.807, 2.05) is 0 Å². The first kappa shape index (κ1) is 12.9. The molecule has 2 fully saturated rings. The molecule has 0 saturated heterocycles. The number of amidine groups is 1. The minimum Gasteiger partial charge on any atom is -0.387 e. The van der Waals surface area contributed by atoms with E-state index in [-0.39, 0.29) is 0 Å². The topological polar surface area (TPSA) is 38.4 Å². The lowest BCUT2D eigenvalue weighted by molar-refractivity contribution is 0.272. The van der Waals surface area contributed by atoms with Crippen LogP contribution in [0.2, 0.25) is 0 Å². The van der Waals surface area contributed by atoms with Crippen molar-refractivity contribution in [3.8, 4) is 0 Å². The van der Waals surface area contributed by atoms with Crippen molar-refractivity contribution in [2.75, 3.05) is 6.54 Å². The third-order valence-corrected chi connectivity index (χ3v) is 4.65. The SMILES string of the molecule is CC1CCCC(CCN=C(N)C2CCCC2)C1. The summed E-state index contributed by atoms with van der Waals surface area (Å²) in [4.78, 5) is 4.62. The average molecular weight is 236 g/mol. The summed E-state index contributed by atoms with van der Waals surface area (Å²) < 4.78 is 0. The Kier molecular flexibility index (Phi) is 4.87. The van der Waals surface area contributed by atoms with E-state index in [4.69, 9.17) is 5.73 Å². The highest BCUT2D eigenvalue weighted by Gasteiger charge is 2.20. The Morgan fingerprint density at radius 1 is 1.12 bits per heavy atom. The van der Waals surface area contributed by atoms with E-state index >= 15 is 0 Å². The van der Waals surface area contributed by atoms with Gasteiger partial charge in [-0.2, -0.15) is 0 Å². The van der Waals surface area contributed by atoms with Crippen LogP contribution in [0.4, 0.5) is 0 Å². The Labute approximate surface area is 106 Å². The van der Waals surface area contributed by atoms with Crippen LogP contribution in [0.25, 0.3) is 0 Å². The molecule has 0 aromatic carbocycles. The molecular formula is C15H28N2. The summed E-state index contributed by atoms with van der Waals surface area (Å²) in [5.41, 5.74) is 6.07. The van der Waals surface area contributed by atoms with Crippen LogP contribution in [-0.2, 0) is 0 Å². The monoisotopic (exact) mass is 236 g/mol. The highest BCUT2D eigenvalue weighted by molar-refractivity contribution is 5.83. The van der Waals surface area contributed by atoms with Crippen LogP contribution in [0.5, 0.6) is 0 Å². The summed E-state index contributed by atoms with van der Waals surface area (Å²) >= 11 is 0. The van der Waals surface area contributed by atoms with Gasteiger partial charge in [0.2, 0.25) is 0 Å². The number of rotatable bonds is 4. The Balaban J connectivity index is 1.68. The van der Waals surface area contributed by atoms with Crippen LogP contribution in [0.1, 0.15) is 64.7 Å². The molecule has 0 aromatic heterocycles. The Bertz CT molecular complexity index is 254. The van der Waals surface area contributed by atoms with Gasteiger partial charge in [-0.05, 0) is 37.5 Å². The minimum atomic E-state index is 0.611. The second-order valence-corrected chi connectivity index (χ2v) is 6.21. The van der Waals surface area contributed by atoms with E-state index in [0.717, 1.165) is 24.2 Å². The lowest BCUT2D eigenvalue weighted by atomic mass is 9.81. The normalized spacial score (nSPS) is 31.9. The van der Waals surface area contributed by atoms with Gasteiger partial charge in [-0.3, -0.25) is 4.99 Å². The van der Waals surface area contributed by atoms with Gasteiger partial charge >= 0.3 is 0 Å². The average Bonchev–Trinajstić information content (AvgIpc) is 2.82. The van der Waals surface area contributed by atoms with Gasteiger partial charge in [0.05, 0.1) is 5.84 Å². The predicted molar refractivity (Wildman–Crippen MR) is 74.2 cm³/mol. The highest BCUT2D eigenvalue weighted by Crippen LogP contribution is 2.30. The van der Waals surface area contributed by atoms with Gasteiger partial charge < -0.3 is 5.73 Å². The van der Waals surface area contributed by atoms with E-state index in [2.05, 4.69) is 11.9 Å². The van der Waals surface area contributed by atoms with Crippen LogP contribution < -0.4 is 5.73 Å². The van der Waals surface area contributed by atoms with E-state index in [1.165, 1.54) is 57.8 Å². The Hall–Kier alpha value is -0.530. The lowest BCUT2D eigenvalue weighted by Crippen LogP contribution is -2.22. The molecule has 0 aliphatic heterocycles. The maximum atomic E-state index is 6.07. The molecule has 2 aliphatic rings. The molecule has 2 N–H and O–H groups in total. The number of nitrogens with zero attached hydrogens (tertiary/aromatic N) is 1. The van der Waals surface area contributed by atoms with E-state index in [9.17, 15) is 0 Å². The van der Waals surface area contributed by atoms with Crippen LogP contribution in [0.3, 0.4) is 0 Å². The van der Waals surface area contributed by atoms with Crippen LogP contribution in [0.15, 0.2) is 4.99 Å². The summed E-state index contributed by atoms with van der Waals surface area (Å²) in [5.74, 6) is 3.41. The van der Waals surface area contributed by atoms with Crippen molar-refractivity contribution >= 4 is 5.84 Å². The number of hydrogen-bond donors (Lipinski definition) is 1. The Morgan fingerprint density at radius 3 is 2.59 bits per heavy atom. The van der Waals surface area contributed by atoms with Crippen LogP contribution in [0, 0.1) is 17.8 Å². The molecule has 17 heavy (non-hydrogen) atoms. The smallest absolute Gasteiger partial charge is 0.0968 e. The van der Waals surface area contributed by atoms with Gasteiger partial charge in [-0.15, -0.1) is 0 Å². The summed E-state index contributed by atoms with van der Waals surface area (Å²) in [7, 11) is 0. The van der Waals surface area contributed by atoms with Crippen molar-refractivity contribution in [2.45, 2.75) is 64.7 Å². The molecular weight excluding hydrogens is 208 g/mol. The fourth-order valence-corrected chi connectivity index (χ4v) is 3.55. The zero-order chi connectivity index (χ0) is 12.1. The molecule has 0 amide bonds. The largest absolute Gasteiger partial charge is 0.387 e. The first-order chi connectivity index (χ1) is 8.25. The molecule has 2 saturated carbocycles. The molecule has 98 valence electrons. The summed E-state index contributed by atoms with van der Waals surface area (Å²) in [6.45, 7) is 3.36. The first-order valence-electron chi connectivity index (χ1n) is 7.55. The fraction of sp³-hybridized carbons (Fsp3) is 0.933. The van der Waals surface area contributed by atoms with Crippen molar-refractivity contribution in [1.29, 1.82) is 0 Å². The van der Waals surface area contributed by atoms with Gasteiger partial charge in [0.1, 0.15) is 0 Å². The van der Waals surface area contributed by atoms with Crippen molar-refractivity contribution in [3.63, 3.8) is 0 Å². The first-order valence-corrected chi connectivity index (χ1v) is 7.55. The van der Waals surface area contributed by atoms with Gasteiger partial charge in [0.25, 0.3) is 0 Å².